The van der Waals surface area contributed by atoms with E-state index in [1.807, 2.05) is 36.9 Å². The molecule has 0 spiro atoms. The molecule has 1 amide bonds. The van der Waals surface area contributed by atoms with Crippen molar-refractivity contribution in [3.63, 3.8) is 0 Å². The van der Waals surface area contributed by atoms with E-state index in [0.717, 1.165) is 30.0 Å². The van der Waals surface area contributed by atoms with Gasteiger partial charge in [0.15, 0.2) is 0 Å². The number of hydrogen-bond donors (Lipinski definition) is 0. The van der Waals surface area contributed by atoms with Crippen LogP contribution in [0.5, 0.6) is 5.75 Å². The molecule has 0 aliphatic carbocycles. The maximum Gasteiger partial charge on any atom is 0.226 e. The third kappa shape index (κ3) is 3.36. The lowest BCUT2D eigenvalue weighted by atomic mass is 10.1. The summed E-state index contributed by atoms with van der Waals surface area (Å²) in [7, 11) is 1.63. The number of methoxy groups -OCH3 is 1. The van der Waals surface area contributed by atoms with Gasteiger partial charge in [-0.1, -0.05) is 18.7 Å². The highest BCUT2D eigenvalue weighted by Gasteiger charge is 2.11. The average molecular weight is 247 g/mol. The third-order valence-corrected chi connectivity index (χ3v) is 2.99. The SMILES string of the molecule is C=Cc1cc(CC(=O)N(CC)CC)ccc1OC. The van der Waals surface area contributed by atoms with Crippen LogP contribution in [0.25, 0.3) is 6.08 Å². The second-order valence-corrected chi connectivity index (χ2v) is 4.02. The van der Waals surface area contributed by atoms with Crippen molar-refractivity contribution < 1.29 is 9.53 Å². The molecule has 0 heterocycles. The van der Waals surface area contributed by atoms with Gasteiger partial charge in [-0.2, -0.15) is 0 Å². The molecule has 1 aromatic carbocycles. The van der Waals surface area contributed by atoms with E-state index in [1.54, 1.807) is 13.2 Å². The van der Waals surface area contributed by atoms with Gasteiger partial charge in [-0.15, -0.1) is 0 Å². The largest absolute Gasteiger partial charge is 0.496 e. The number of amides is 1. The molecule has 3 heteroatoms. The first-order valence-corrected chi connectivity index (χ1v) is 6.23. The molecule has 0 aromatic heterocycles. The summed E-state index contributed by atoms with van der Waals surface area (Å²) in [5.74, 6) is 0.934. The number of nitrogens with zero attached hydrogens (tertiary/aromatic N) is 1. The molecular weight excluding hydrogens is 226 g/mol. The van der Waals surface area contributed by atoms with Crippen LogP contribution in [0, 0.1) is 0 Å². The Bertz CT molecular complexity index is 423. The molecule has 1 aromatic rings. The molecule has 0 aliphatic heterocycles. The van der Waals surface area contributed by atoms with E-state index in [1.165, 1.54) is 0 Å². The van der Waals surface area contributed by atoms with Gasteiger partial charge in [0.05, 0.1) is 13.5 Å². The smallest absolute Gasteiger partial charge is 0.226 e. The summed E-state index contributed by atoms with van der Waals surface area (Å²) in [6, 6.07) is 5.75. The zero-order valence-corrected chi connectivity index (χ0v) is 11.4. The molecule has 18 heavy (non-hydrogen) atoms. The molecule has 3 nitrogen and oxygen atoms in total. The minimum atomic E-state index is 0.153. The summed E-state index contributed by atoms with van der Waals surface area (Å²) in [6.07, 6.45) is 2.16. The van der Waals surface area contributed by atoms with Crippen LogP contribution >= 0.6 is 0 Å². The van der Waals surface area contributed by atoms with Gasteiger partial charge < -0.3 is 9.64 Å². The monoisotopic (exact) mass is 247 g/mol. The summed E-state index contributed by atoms with van der Waals surface area (Å²) < 4.78 is 5.22. The number of likely N-dealkylation sites (N-methyl/N-ethyl adjacent to an activating group) is 1. The third-order valence-electron chi connectivity index (χ3n) is 2.99. The van der Waals surface area contributed by atoms with E-state index in [0.29, 0.717) is 6.42 Å². The van der Waals surface area contributed by atoms with Crippen LogP contribution in [0.1, 0.15) is 25.0 Å². The van der Waals surface area contributed by atoms with Gasteiger partial charge in [-0.3, -0.25) is 4.79 Å². The van der Waals surface area contributed by atoms with Crippen LogP contribution in [0.3, 0.4) is 0 Å². The first-order chi connectivity index (χ1) is 8.65. The quantitative estimate of drug-likeness (QED) is 0.773. The molecule has 0 N–H and O–H groups in total. The molecule has 0 unspecified atom stereocenters. The van der Waals surface area contributed by atoms with E-state index in [4.69, 9.17) is 4.74 Å². The first-order valence-electron chi connectivity index (χ1n) is 6.23. The summed E-state index contributed by atoms with van der Waals surface area (Å²) in [5, 5.41) is 0. The van der Waals surface area contributed by atoms with Gasteiger partial charge in [-0.25, -0.2) is 0 Å². The summed E-state index contributed by atoms with van der Waals surface area (Å²) in [6.45, 7) is 9.23. The van der Waals surface area contributed by atoms with Gasteiger partial charge in [0, 0.05) is 18.7 Å². The predicted octanol–water partition coefficient (Wildman–Crippen LogP) is 2.75. The highest BCUT2D eigenvalue weighted by molar-refractivity contribution is 5.79. The summed E-state index contributed by atoms with van der Waals surface area (Å²) in [4.78, 5) is 13.8. The number of rotatable bonds is 6. The molecule has 1 rings (SSSR count). The predicted molar refractivity (Wildman–Crippen MR) is 74.7 cm³/mol. The Morgan fingerprint density at radius 2 is 2.06 bits per heavy atom. The second-order valence-electron chi connectivity index (χ2n) is 4.02. The van der Waals surface area contributed by atoms with Crippen LogP contribution in [0.4, 0.5) is 0 Å². The zero-order chi connectivity index (χ0) is 13.5. The van der Waals surface area contributed by atoms with Crippen molar-refractivity contribution in [1.82, 2.24) is 4.90 Å². The zero-order valence-electron chi connectivity index (χ0n) is 11.4. The topological polar surface area (TPSA) is 29.5 Å². The lowest BCUT2D eigenvalue weighted by Crippen LogP contribution is -2.31. The maximum absolute atomic E-state index is 12.0. The van der Waals surface area contributed by atoms with Crippen molar-refractivity contribution in [3.05, 3.63) is 35.9 Å². The van der Waals surface area contributed by atoms with E-state index in [2.05, 4.69) is 6.58 Å². The Labute approximate surface area is 109 Å². The lowest BCUT2D eigenvalue weighted by Gasteiger charge is -2.18. The van der Waals surface area contributed by atoms with Crippen molar-refractivity contribution in [2.75, 3.05) is 20.2 Å². The van der Waals surface area contributed by atoms with Crippen LogP contribution in [0.15, 0.2) is 24.8 Å². The fourth-order valence-electron chi connectivity index (χ4n) is 1.92. The van der Waals surface area contributed by atoms with Crippen LogP contribution < -0.4 is 4.74 Å². The molecule has 0 saturated carbocycles. The highest BCUT2D eigenvalue weighted by Crippen LogP contribution is 2.21. The second kappa shape index (κ2) is 6.84. The normalized spacial score (nSPS) is 9.94. The molecular formula is C15H21NO2. The van der Waals surface area contributed by atoms with Crippen molar-refractivity contribution in [3.8, 4) is 5.75 Å². The van der Waals surface area contributed by atoms with Gasteiger partial charge in [-0.05, 0) is 31.5 Å². The summed E-state index contributed by atoms with van der Waals surface area (Å²) in [5.41, 5.74) is 1.91. The number of carbonyl (C=O) groups excluding carboxylic acids is 1. The summed E-state index contributed by atoms with van der Waals surface area (Å²) >= 11 is 0. The minimum absolute atomic E-state index is 0.153. The van der Waals surface area contributed by atoms with Crippen molar-refractivity contribution in [2.45, 2.75) is 20.3 Å². The first kappa shape index (κ1) is 14.3. The van der Waals surface area contributed by atoms with Crippen LogP contribution in [-0.4, -0.2) is 31.0 Å². The van der Waals surface area contributed by atoms with Gasteiger partial charge in [0.1, 0.15) is 5.75 Å². The number of hydrogen-bond acceptors (Lipinski definition) is 2. The van der Waals surface area contributed by atoms with Crippen LogP contribution in [0.2, 0.25) is 0 Å². The minimum Gasteiger partial charge on any atom is -0.496 e. The molecule has 0 aliphatic rings. The molecule has 0 radical (unpaired) electrons. The number of carbonyl (C=O) groups is 1. The van der Waals surface area contributed by atoms with Gasteiger partial charge in [0.25, 0.3) is 0 Å². The Morgan fingerprint density at radius 3 is 2.56 bits per heavy atom. The van der Waals surface area contributed by atoms with E-state index in [-0.39, 0.29) is 5.91 Å². The molecule has 0 atom stereocenters. The Hall–Kier alpha value is -1.77. The Balaban J connectivity index is 2.85. The van der Waals surface area contributed by atoms with Crippen molar-refractivity contribution >= 4 is 12.0 Å². The van der Waals surface area contributed by atoms with E-state index >= 15 is 0 Å². The Kier molecular flexibility index (Phi) is 5.43. The average Bonchev–Trinajstić information content (AvgIpc) is 2.40. The van der Waals surface area contributed by atoms with E-state index in [9.17, 15) is 4.79 Å². The van der Waals surface area contributed by atoms with Crippen molar-refractivity contribution in [1.29, 1.82) is 0 Å². The molecule has 0 saturated heterocycles. The fraction of sp³-hybridized carbons (Fsp3) is 0.400. The molecule has 0 bridgehead atoms. The van der Waals surface area contributed by atoms with E-state index < -0.39 is 0 Å². The maximum atomic E-state index is 12.0. The van der Waals surface area contributed by atoms with Crippen LogP contribution in [-0.2, 0) is 11.2 Å². The number of ether oxygens (including phenoxy) is 1. The lowest BCUT2D eigenvalue weighted by molar-refractivity contribution is -0.130. The molecule has 98 valence electrons. The molecule has 0 fully saturated rings. The Morgan fingerprint density at radius 1 is 1.39 bits per heavy atom. The fourth-order valence-corrected chi connectivity index (χ4v) is 1.92. The van der Waals surface area contributed by atoms with Gasteiger partial charge >= 0.3 is 0 Å². The van der Waals surface area contributed by atoms with Gasteiger partial charge in [0.2, 0.25) is 5.91 Å². The highest BCUT2D eigenvalue weighted by atomic mass is 16.5. The van der Waals surface area contributed by atoms with Crippen molar-refractivity contribution in [2.24, 2.45) is 0 Å². The number of benzene rings is 1. The standard InChI is InChI=1S/C15H21NO2/c1-5-13-10-12(8-9-14(13)18-4)11-15(17)16(6-2)7-3/h5,8-10H,1,6-7,11H2,2-4H3.